The molecule has 0 radical (unpaired) electrons. The summed E-state index contributed by atoms with van der Waals surface area (Å²) < 4.78 is 11.8. The summed E-state index contributed by atoms with van der Waals surface area (Å²) in [6.45, 7) is 0. The zero-order valence-corrected chi connectivity index (χ0v) is 27.8. The molecule has 0 saturated heterocycles. The van der Waals surface area contributed by atoms with Crippen molar-refractivity contribution in [3.63, 3.8) is 0 Å². The van der Waals surface area contributed by atoms with Crippen molar-refractivity contribution in [2.75, 3.05) is 0 Å². The van der Waals surface area contributed by atoms with E-state index in [2.05, 4.69) is 0 Å². The maximum atomic E-state index is 4.98. The molecule has 0 unspecified atom stereocenters. The third-order valence-electron chi connectivity index (χ3n) is 8.44. The van der Waals surface area contributed by atoms with Gasteiger partial charge in [0.2, 0.25) is 0 Å². The molecule has 12 heteroatoms. The normalized spacial score (nSPS) is 11.1. The molecule has 0 aliphatic rings. The highest BCUT2D eigenvalue weighted by Gasteiger charge is 2.02. The lowest BCUT2D eigenvalue weighted by Gasteiger charge is -2.08. The predicted molar refractivity (Wildman–Crippen MR) is 191 cm³/mol. The molecule has 7 aromatic rings. The molecule has 0 N–H and O–H groups in total. The first-order chi connectivity index (χ1) is 23.3. The van der Waals surface area contributed by atoms with E-state index in [1.165, 1.54) is 0 Å². The van der Waals surface area contributed by atoms with Crippen LogP contribution in [0.15, 0.2) is 109 Å². The summed E-state index contributed by atoms with van der Waals surface area (Å²) in [4.78, 5) is 29.9. The fraction of sp³-hybridized carbons (Fsp3) is 0.167. The Morgan fingerprint density at radius 2 is 0.333 bits per heavy atom. The number of nitrogens with zero attached hydrogens (tertiary/aromatic N) is 12. The minimum Gasteiger partial charge on any atom is -0.314 e. The van der Waals surface area contributed by atoms with Crippen molar-refractivity contribution in [1.29, 1.82) is 0 Å². The molecular weight excluding hydrogens is 600 g/mol. The molecule has 0 spiro atoms. The minimum absolute atomic E-state index is 0.746. The molecule has 0 fully saturated rings. The second-order valence-corrected chi connectivity index (χ2v) is 11.5. The molecule has 0 aliphatic carbocycles. The number of aryl methyl sites for hydroxylation is 6. The van der Waals surface area contributed by atoms with Crippen LogP contribution in [0.5, 0.6) is 0 Å². The second kappa shape index (κ2) is 12.5. The molecule has 0 aliphatic heterocycles. The lowest BCUT2D eigenvalue weighted by atomic mass is 10.4. The van der Waals surface area contributed by atoms with E-state index in [4.69, 9.17) is 29.9 Å². The van der Waals surface area contributed by atoms with Crippen LogP contribution in [0.3, 0.4) is 0 Å². The van der Waals surface area contributed by atoms with E-state index in [1.54, 1.807) is 0 Å². The van der Waals surface area contributed by atoms with Gasteiger partial charge in [0.25, 0.3) is 0 Å². The average molecular weight is 637 g/mol. The van der Waals surface area contributed by atoms with Crippen LogP contribution >= 0.6 is 0 Å². The summed E-state index contributed by atoms with van der Waals surface area (Å²) in [5.74, 6) is 0. The Morgan fingerprint density at radius 1 is 0.229 bits per heavy atom. The highest BCUT2D eigenvalue weighted by molar-refractivity contribution is 5.62. The van der Waals surface area contributed by atoms with Gasteiger partial charge in [0.15, 0.2) is 0 Å². The van der Waals surface area contributed by atoms with Gasteiger partial charge < -0.3 is 27.4 Å². The largest absolute Gasteiger partial charge is 0.314 e. The summed E-state index contributed by atoms with van der Waals surface area (Å²) in [6, 6.07) is 35.6. The van der Waals surface area contributed by atoms with Gasteiger partial charge in [-0.1, -0.05) is 36.4 Å². The number of rotatable bonds is 0. The van der Waals surface area contributed by atoms with Crippen LogP contribution in [0.1, 0.15) is 0 Å². The third-order valence-corrected chi connectivity index (χ3v) is 8.44. The molecule has 0 amide bonds. The van der Waals surface area contributed by atoms with E-state index < -0.39 is 0 Å². The first-order valence-electron chi connectivity index (χ1n) is 15.5. The first kappa shape index (κ1) is 30.4. The SMILES string of the molecule is Cn1c2cccc(n2)n(C)c2cccc(n2)n(C)c2cccc(n2)n(C)c2cccc(n2)n(C)c2cccc(n2)n(C)c2cccc1n2. The van der Waals surface area contributed by atoms with Crippen LogP contribution < -0.4 is 0 Å². The van der Waals surface area contributed by atoms with Gasteiger partial charge in [0.05, 0.1) is 0 Å². The van der Waals surface area contributed by atoms with Gasteiger partial charge in [0.1, 0.15) is 67.8 Å². The number of hydrogen-bond donors (Lipinski definition) is 0. The summed E-state index contributed by atoms with van der Waals surface area (Å²) in [5, 5.41) is 0. The summed E-state index contributed by atoms with van der Waals surface area (Å²) >= 11 is 0. The minimum atomic E-state index is 0.746. The molecule has 7 aromatic heterocycles. The molecular formula is C36H36N12. The van der Waals surface area contributed by atoms with Crippen LogP contribution in [0, 0.1) is 0 Å². The molecule has 12 bridgehead atoms. The smallest absolute Gasteiger partial charge is 0.136 e. The fourth-order valence-electron chi connectivity index (χ4n) is 5.42. The fourth-order valence-corrected chi connectivity index (χ4v) is 5.42. The Hall–Kier alpha value is -6.30. The van der Waals surface area contributed by atoms with E-state index in [0.717, 1.165) is 67.8 Å². The highest BCUT2D eigenvalue weighted by Crippen LogP contribution is 2.12. The van der Waals surface area contributed by atoms with Crippen LogP contribution in [0.4, 0.5) is 0 Å². The van der Waals surface area contributed by atoms with Crippen LogP contribution in [0.25, 0.3) is 67.8 Å². The van der Waals surface area contributed by atoms with E-state index in [0.29, 0.717) is 0 Å². The van der Waals surface area contributed by atoms with Crippen molar-refractivity contribution >= 4 is 67.8 Å². The number of aromatic nitrogens is 12. The van der Waals surface area contributed by atoms with Gasteiger partial charge in [-0.3, -0.25) is 0 Å². The molecule has 0 saturated carbocycles. The molecule has 0 aromatic carbocycles. The molecule has 7 heterocycles. The summed E-state index contributed by atoms with van der Waals surface area (Å²) in [6.07, 6.45) is 0. The van der Waals surface area contributed by atoms with Gasteiger partial charge in [0, 0.05) is 42.3 Å². The number of pyridine rings is 6. The average Bonchev–Trinajstić information content (AvgIpc) is 3.16. The summed E-state index contributed by atoms with van der Waals surface area (Å²) in [5.41, 5.74) is 8.96. The van der Waals surface area contributed by atoms with Gasteiger partial charge >= 0.3 is 0 Å². The highest BCUT2D eigenvalue weighted by atomic mass is 15.2. The van der Waals surface area contributed by atoms with Crippen molar-refractivity contribution < 1.29 is 0 Å². The second-order valence-electron chi connectivity index (χ2n) is 11.5. The van der Waals surface area contributed by atoms with Crippen LogP contribution in [0.2, 0.25) is 0 Å². The molecule has 7 rings (SSSR count). The molecule has 0 atom stereocenters. The van der Waals surface area contributed by atoms with Crippen LogP contribution in [-0.2, 0) is 42.3 Å². The van der Waals surface area contributed by atoms with Gasteiger partial charge in [-0.15, -0.1) is 0 Å². The van der Waals surface area contributed by atoms with Crippen molar-refractivity contribution in [2.45, 2.75) is 0 Å². The third kappa shape index (κ3) is 5.75. The monoisotopic (exact) mass is 636 g/mol. The quantitative estimate of drug-likeness (QED) is 0.200. The molecule has 48 heavy (non-hydrogen) atoms. The Labute approximate surface area is 276 Å². The predicted octanol–water partition coefficient (Wildman–Crippen LogP) is 6.07. The summed E-state index contributed by atoms with van der Waals surface area (Å²) in [7, 11) is 11.8. The lowest BCUT2D eigenvalue weighted by Crippen LogP contribution is -2.03. The van der Waals surface area contributed by atoms with Gasteiger partial charge in [-0.05, 0) is 72.8 Å². The van der Waals surface area contributed by atoms with Crippen molar-refractivity contribution in [3.8, 4) is 0 Å². The van der Waals surface area contributed by atoms with E-state index >= 15 is 0 Å². The Balaban J connectivity index is 1.65. The number of hydrogen-bond acceptors (Lipinski definition) is 6. The standard InChI is InChI=1S/C36H36N12/c1-43-25-13-7-15-27(37-25)44(2)29-17-9-19-31(39-29)46(4)33-21-11-23-35(41-33)48(6)36-24-12-22-34(42-36)47(5)32-20-10-18-30(40-32)45(3)28-16-8-14-26(43)38-28/h7-24H,1-6H3. The topological polar surface area (TPSA) is 107 Å². The van der Waals surface area contributed by atoms with Crippen molar-refractivity contribution in [3.05, 3.63) is 109 Å². The zero-order valence-electron chi connectivity index (χ0n) is 27.8. The Bertz CT molecular complexity index is 2040. The Morgan fingerprint density at radius 3 is 0.438 bits per heavy atom. The Kier molecular flexibility index (Phi) is 7.89. The van der Waals surface area contributed by atoms with E-state index in [-0.39, 0.29) is 0 Å². The number of fused-ring (bicyclic) bond motifs is 12. The van der Waals surface area contributed by atoms with Crippen molar-refractivity contribution in [1.82, 2.24) is 57.3 Å². The van der Waals surface area contributed by atoms with Gasteiger partial charge in [-0.2, -0.15) is 0 Å². The lowest BCUT2D eigenvalue weighted by molar-refractivity contribution is 0.900. The molecule has 240 valence electrons. The first-order valence-corrected chi connectivity index (χ1v) is 15.5. The zero-order chi connectivity index (χ0) is 33.4. The molecule has 12 nitrogen and oxygen atoms in total. The van der Waals surface area contributed by atoms with Gasteiger partial charge in [-0.25, -0.2) is 29.9 Å². The van der Waals surface area contributed by atoms with Crippen molar-refractivity contribution in [2.24, 2.45) is 42.3 Å². The van der Waals surface area contributed by atoms with E-state index in [1.807, 2.05) is 179 Å². The maximum absolute atomic E-state index is 4.98. The van der Waals surface area contributed by atoms with E-state index in [9.17, 15) is 0 Å². The van der Waals surface area contributed by atoms with Crippen LogP contribution in [-0.4, -0.2) is 57.3 Å². The maximum Gasteiger partial charge on any atom is 0.136 e.